The van der Waals surface area contributed by atoms with Gasteiger partial charge in [-0.15, -0.1) is 0 Å². The van der Waals surface area contributed by atoms with Gasteiger partial charge < -0.3 is 20.1 Å². The van der Waals surface area contributed by atoms with Crippen LogP contribution in [-0.4, -0.2) is 71.3 Å². The van der Waals surface area contributed by atoms with Gasteiger partial charge in [0.2, 0.25) is 5.91 Å². The number of carbonyl (C=O) groups excluding carboxylic acids is 1. The van der Waals surface area contributed by atoms with Crippen LogP contribution in [0.3, 0.4) is 0 Å². The zero-order valence-electron chi connectivity index (χ0n) is 18.7. The molecule has 8 nitrogen and oxygen atoms in total. The van der Waals surface area contributed by atoms with Crippen LogP contribution in [0.1, 0.15) is 18.4 Å². The van der Waals surface area contributed by atoms with Crippen molar-refractivity contribution in [2.24, 2.45) is 0 Å². The quantitative estimate of drug-likeness (QED) is 0.581. The largest absolute Gasteiger partial charge is 0.491 e. The maximum Gasteiger partial charge on any atom is 0.235 e. The van der Waals surface area contributed by atoms with E-state index in [-0.39, 0.29) is 12.0 Å². The van der Waals surface area contributed by atoms with Gasteiger partial charge in [-0.1, -0.05) is 11.6 Å². The molecule has 1 aromatic carbocycles. The molecule has 2 saturated heterocycles. The fourth-order valence-electron chi connectivity index (χ4n) is 5.30. The lowest BCUT2D eigenvalue weighted by molar-refractivity contribution is -0.122. The molecule has 34 heavy (non-hydrogen) atoms. The molecule has 3 aromatic rings. The highest BCUT2D eigenvalue weighted by Gasteiger charge is 2.48. The van der Waals surface area contributed by atoms with Gasteiger partial charge in [0.05, 0.1) is 17.7 Å². The number of nitrogens with one attached hydrogen (secondary N) is 1. The van der Waals surface area contributed by atoms with E-state index in [0.717, 1.165) is 66.2 Å². The van der Waals surface area contributed by atoms with E-state index in [1.807, 2.05) is 35.2 Å². The van der Waals surface area contributed by atoms with E-state index in [2.05, 4.69) is 20.2 Å². The normalized spacial score (nSPS) is 19.8. The van der Waals surface area contributed by atoms with Crippen molar-refractivity contribution in [3.05, 3.63) is 53.3 Å². The van der Waals surface area contributed by atoms with Crippen molar-refractivity contribution in [1.29, 1.82) is 0 Å². The van der Waals surface area contributed by atoms with E-state index in [1.54, 1.807) is 12.4 Å². The zero-order valence-corrected chi connectivity index (χ0v) is 19.5. The predicted molar refractivity (Wildman–Crippen MR) is 131 cm³/mol. The molecule has 0 saturated carbocycles. The van der Waals surface area contributed by atoms with Crippen LogP contribution in [0.2, 0.25) is 5.02 Å². The Morgan fingerprint density at radius 1 is 1.18 bits per heavy atom. The Morgan fingerprint density at radius 3 is 2.79 bits per heavy atom. The molecule has 5 heterocycles. The van der Waals surface area contributed by atoms with E-state index in [4.69, 9.17) is 16.3 Å². The number of anilines is 2. The number of carbonyl (C=O) groups is 1. The van der Waals surface area contributed by atoms with Gasteiger partial charge in [0.15, 0.2) is 5.82 Å². The first kappa shape index (κ1) is 21.6. The molecule has 6 rings (SSSR count). The number of aliphatic hydroxyl groups is 1. The molecule has 9 heteroatoms. The number of aliphatic hydroxyl groups excluding tert-OH is 1. The SMILES string of the molecule is O=C1Nc2ccc(Cl)cc2C12CCN(CCOc1cnc3c(N4CC(O)C4)nccc3c1)CC2. The second-order valence-electron chi connectivity index (χ2n) is 9.35. The van der Waals surface area contributed by atoms with E-state index < -0.39 is 5.41 Å². The summed E-state index contributed by atoms with van der Waals surface area (Å²) in [4.78, 5) is 26.2. The van der Waals surface area contributed by atoms with E-state index in [1.165, 1.54) is 0 Å². The number of ether oxygens (including phenoxy) is 1. The van der Waals surface area contributed by atoms with Crippen LogP contribution in [0, 0.1) is 0 Å². The lowest BCUT2D eigenvalue weighted by Crippen LogP contribution is -2.51. The van der Waals surface area contributed by atoms with Crippen molar-refractivity contribution < 1.29 is 14.6 Å². The third-order valence-corrected chi connectivity index (χ3v) is 7.52. The average Bonchev–Trinajstić information content (AvgIpc) is 3.08. The summed E-state index contributed by atoms with van der Waals surface area (Å²) in [5.41, 5.74) is 2.26. The first-order chi connectivity index (χ1) is 16.5. The molecule has 2 fully saturated rings. The molecule has 0 radical (unpaired) electrons. The first-order valence-electron chi connectivity index (χ1n) is 11.7. The number of hydrogen-bond donors (Lipinski definition) is 2. The number of nitrogens with zero attached hydrogens (tertiary/aromatic N) is 4. The van der Waals surface area contributed by atoms with Gasteiger partial charge in [0.25, 0.3) is 0 Å². The van der Waals surface area contributed by atoms with Crippen LogP contribution >= 0.6 is 11.6 Å². The minimum atomic E-state index is -0.474. The molecule has 3 aliphatic rings. The smallest absolute Gasteiger partial charge is 0.235 e. The third-order valence-electron chi connectivity index (χ3n) is 7.28. The summed E-state index contributed by atoms with van der Waals surface area (Å²) in [5.74, 6) is 1.61. The minimum absolute atomic E-state index is 0.0875. The number of rotatable bonds is 5. The number of β-amino-alcohol motifs (C(OH)–C–C–N with tert-alkyl or cyclic N) is 1. The molecular formula is C25H26ClN5O3. The van der Waals surface area contributed by atoms with Crippen molar-refractivity contribution in [3.63, 3.8) is 0 Å². The number of amides is 1. The van der Waals surface area contributed by atoms with Crippen molar-refractivity contribution in [3.8, 4) is 5.75 Å². The maximum atomic E-state index is 12.8. The summed E-state index contributed by atoms with van der Waals surface area (Å²) in [5, 5.41) is 14.3. The second kappa shape index (κ2) is 8.37. The van der Waals surface area contributed by atoms with Gasteiger partial charge in [-0.3, -0.25) is 9.69 Å². The molecule has 0 aliphatic carbocycles. The Hall–Kier alpha value is -2.94. The summed E-state index contributed by atoms with van der Waals surface area (Å²) in [6.45, 7) is 4.16. The first-order valence-corrected chi connectivity index (χ1v) is 12.0. The van der Waals surface area contributed by atoms with Crippen molar-refractivity contribution >= 4 is 39.9 Å². The Morgan fingerprint density at radius 2 is 2.00 bits per heavy atom. The number of piperidine rings is 1. The van der Waals surface area contributed by atoms with Gasteiger partial charge in [0.1, 0.15) is 17.9 Å². The molecule has 3 aliphatic heterocycles. The molecule has 0 unspecified atom stereocenters. The average molecular weight is 480 g/mol. The molecule has 1 amide bonds. The molecule has 0 bridgehead atoms. The molecule has 2 aromatic heterocycles. The van der Waals surface area contributed by atoms with Crippen LogP contribution < -0.4 is 15.0 Å². The van der Waals surface area contributed by atoms with E-state index in [9.17, 15) is 9.90 Å². The Bertz CT molecular complexity index is 1250. The monoisotopic (exact) mass is 479 g/mol. The van der Waals surface area contributed by atoms with Gasteiger partial charge in [-0.25, -0.2) is 9.97 Å². The van der Waals surface area contributed by atoms with E-state index in [0.29, 0.717) is 24.7 Å². The summed E-state index contributed by atoms with van der Waals surface area (Å²) in [6, 6.07) is 9.56. The highest BCUT2D eigenvalue weighted by atomic mass is 35.5. The van der Waals surface area contributed by atoms with Crippen LogP contribution in [0.25, 0.3) is 10.9 Å². The molecule has 1 spiro atoms. The topological polar surface area (TPSA) is 90.8 Å². The van der Waals surface area contributed by atoms with Crippen LogP contribution in [0.5, 0.6) is 5.75 Å². The number of aromatic nitrogens is 2. The van der Waals surface area contributed by atoms with Crippen LogP contribution in [0.4, 0.5) is 11.5 Å². The van der Waals surface area contributed by atoms with Crippen molar-refractivity contribution in [2.75, 3.05) is 49.5 Å². The van der Waals surface area contributed by atoms with Crippen LogP contribution in [0.15, 0.2) is 42.7 Å². The van der Waals surface area contributed by atoms with Gasteiger partial charge in [-0.05, 0) is 61.8 Å². The van der Waals surface area contributed by atoms with E-state index >= 15 is 0 Å². The highest BCUT2D eigenvalue weighted by molar-refractivity contribution is 6.31. The van der Waals surface area contributed by atoms with Gasteiger partial charge >= 0.3 is 0 Å². The van der Waals surface area contributed by atoms with Crippen molar-refractivity contribution in [1.82, 2.24) is 14.9 Å². The Kier molecular flexibility index (Phi) is 5.32. The minimum Gasteiger partial charge on any atom is -0.491 e. The van der Waals surface area contributed by atoms with Gasteiger partial charge in [-0.2, -0.15) is 0 Å². The van der Waals surface area contributed by atoms with Crippen molar-refractivity contribution in [2.45, 2.75) is 24.4 Å². The Labute approximate surface area is 202 Å². The fraction of sp³-hybridized carbons (Fsp3) is 0.400. The fourth-order valence-corrected chi connectivity index (χ4v) is 5.47. The van der Waals surface area contributed by atoms with Crippen LogP contribution in [-0.2, 0) is 10.2 Å². The highest BCUT2D eigenvalue weighted by Crippen LogP contribution is 2.45. The summed E-state index contributed by atoms with van der Waals surface area (Å²) in [6.07, 6.45) is 4.75. The summed E-state index contributed by atoms with van der Waals surface area (Å²) < 4.78 is 6.01. The number of likely N-dealkylation sites (tertiary alicyclic amines) is 1. The number of halogens is 1. The number of pyridine rings is 2. The third kappa shape index (κ3) is 3.66. The molecular weight excluding hydrogens is 454 g/mol. The Balaban J connectivity index is 1.06. The second-order valence-corrected chi connectivity index (χ2v) is 9.79. The molecule has 176 valence electrons. The lowest BCUT2D eigenvalue weighted by atomic mass is 9.73. The summed E-state index contributed by atoms with van der Waals surface area (Å²) in [7, 11) is 0. The lowest BCUT2D eigenvalue weighted by Gasteiger charge is -2.38. The standard InChI is InChI=1S/C25H26ClN5O3/c26-17-1-2-21-20(12-17)25(24(33)29-21)4-7-30(8-5-25)9-10-34-19-11-16-3-6-27-23(22(16)28-13-19)31-14-18(32)15-31/h1-3,6,11-13,18,32H,4-5,7-10,14-15H2,(H,29,33). The molecule has 0 atom stereocenters. The number of benzene rings is 1. The number of hydrogen-bond acceptors (Lipinski definition) is 7. The maximum absolute atomic E-state index is 12.8. The van der Waals surface area contributed by atoms with Gasteiger partial charge in [0, 0.05) is 41.9 Å². The molecule has 2 N–H and O–H groups in total. The zero-order chi connectivity index (χ0) is 23.3. The predicted octanol–water partition coefficient (Wildman–Crippen LogP) is 2.83. The number of fused-ring (bicyclic) bond motifs is 3. The summed E-state index contributed by atoms with van der Waals surface area (Å²) >= 11 is 6.22.